The second kappa shape index (κ2) is 5.39. The van der Waals surface area contributed by atoms with Crippen LogP contribution in [-0.2, 0) is 9.53 Å². The van der Waals surface area contributed by atoms with Crippen molar-refractivity contribution in [1.82, 2.24) is 0 Å². The number of rotatable bonds is 2. The Morgan fingerprint density at radius 1 is 1.16 bits per heavy atom. The van der Waals surface area contributed by atoms with Crippen LogP contribution in [0.2, 0.25) is 0 Å². The van der Waals surface area contributed by atoms with Crippen LogP contribution in [0.4, 0.5) is 11.4 Å². The van der Waals surface area contributed by atoms with E-state index in [2.05, 4.69) is 10.6 Å². The van der Waals surface area contributed by atoms with Gasteiger partial charge in [-0.05, 0) is 32.0 Å². The summed E-state index contributed by atoms with van der Waals surface area (Å²) in [6, 6.07) is 9.61. The van der Waals surface area contributed by atoms with Gasteiger partial charge in [-0.2, -0.15) is 0 Å². The third kappa shape index (κ3) is 2.25. The van der Waals surface area contributed by atoms with Gasteiger partial charge in [0.2, 0.25) is 12.2 Å². The predicted octanol–water partition coefficient (Wildman–Crippen LogP) is 3.54. The first-order valence-electron chi connectivity index (χ1n) is 8.09. The summed E-state index contributed by atoms with van der Waals surface area (Å²) in [4.78, 5) is 12.4. The molecule has 2 heterocycles. The smallest absolute Gasteiger partial charge is 0.249 e. The lowest BCUT2D eigenvalue weighted by molar-refractivity contribution is -0.119. The zero-order valence-electron chi connectivity index (χ0n) is 14.6. The molecular formula is C19H20N2O4. The SMILES string of the molecule is COc1cccc2c1-c1ccc3c(c1C(OC)O2)NC(=O)C(C)(C)N3. The average Bonchev–Trinajstić information content (AvgIpc) is 2.60. The van der Waals surface area contributed by atoms with Crippen LogP contribution in [0.25, 0.3) is 11.1 Å². The van der Waals surface area contributed by atoms with Gasteiger partial charge in [-0.15, -0.1) is 0 Å². The van der Waals surface area contributed by atoms with Crippen molar-refractivity contribution in [3.63, 3.8) is 0 Å². The van der Waals surface area contributed by atoms with Crippen LogP contribution in [0.5, 0.6) is 11.5 Å². The van der Waals surface area contributed by atoms with E-state index in [0.29, 0.717) is 17.2 Å². The Hall–Kier alpha value is -2.73. The van der Waals surface area contributed by atoms with Crippen molar-refractivity contribution in [2.75, 3.05) is 24.9 Å². The minimum atomic E-state index is -0.686. The number of fused-ring (bicyclic) bond motifs is 5. The molecule has 0 aromatic heterocycles. The van der Waals surface area contributed by atoms with Crippen molar-refractivity contribution in [3.05, 3.63) is 35.9 Å². The first-order valence-corrected chi connectivity index (χ1v) is 8.09. The number of carbonyl (C=O) groups is 1. The summed E-state index contributed by atoms with van der Waals surface area (Å²) in [6.45, 7) is 3.68. The molecule has 0 aliphatic carbocycles. The van der Waals surface area contributed by atoms with E-state index in [4.69, 9.17) is 14.2 Å². The summed E-state index contributed by atoms with van der Waals surface area (Å²) < 4.78 is 17.1. The Labute approximate surface area is 146 Å². The Morgan fingerprint density at radius 3 is 2.68 bits per heavy atom. The lowest BCUT2D eigenvalue weighted by Crippen LogP contribution is -2.48. The van der Waals surface area contributed by atoms with Gasteiger partial charge in [-0.25, -0.2) is 0 Å². The second-order valence-corrected chi connectivity index (χ2v) is 6.67. The highest BCUT2D eigenvalue weighted by atomic mass is 16.7. The summed E-state index contributed by atoms with van der Waals surface area (Å²) in [5.74, 6) is 1.30. The molecule has 1 atom stereocenters. The highest BCUT2D eigenvalue weighted by molar-refractivity contribution is 6.07. The number of benzene rings is 2. The summed E-state index contributed by atoms with van der Waals surface area (Å²) >= 11 is 0. The normalized spacial score (nSPS) is 19.5. The zero-order chi connectivity index (χ0) is 17.8. The van der Waals surface area contributed by atoms with Crippen molar-refractivity contribution in [2.45, 2.75) is 25.7 Å². The molecule has 0 saturated carbocycles. The van der Waals surface area contributed by atoms with Crippen molar-refractivity contribution >= 4 is 17.3 Å². The van der Waals surface area contributed by atoms with Crippen LogP contribution < -0.4 is 20.1 Å². The van der Waals surface area contributed by atoms with Gasteiger partial charge in [0, 0.05) is 12.7 Å². The van der Waals surface area contributed by atoms with Gasteiger partial charge in [0.25, 0.3) is 0 Å². The molecular weight excluding hydrogens is 320 g/mol. The molecule has 0 radical (unpaired) electrons. The van der Waals surface area contributed by atoms with E-state index in [9.17, 15) is 4.79 Å². The fraction of sp³-hybridized carbons (Fsp3) is 0.316. The molecule has 1 amide bonds. The maximum absolute atomic E-state index is 12.4. The summed E-state index contributed by atoms with van der Waals surface area (Å²) in [6.07, 6.45) is -0.618. The van der Waals surface area contributed by atoms with Gasteiger partial charge in [0.05, 0.1) is 29.6 Å². The highest BCUT2D eigenvalue weighted by Gasteiger charge is 2.38. The van der Waals surface area contributed by atoms with Crippen molar-refractivity contribution in [3.8, 4) is 22.6 Å². The lowest BCUT2D eigenvalue weighted by atomic mass is 9.90. The summed E-state index contributed by atoms with van der Waals surface area (Å²) in [5.41, 5.74) is 3.40. The number of nitrogens with one attached hydrogen (secondary N) is 2. The van der Waals surface area contributed by atoms with Gasteiger partial charge in [-0.3, -0.25) is 4.79 Å². The molecule has 0 fully saturated rings. The van der Waals surface area contributed by atoms with Gasteiger partial charge in [-0.1, -0.05) is 12.1 Å². The number of hydrogen-bond acceptors (Lipinski definition) is 5. The molecule has 2 N–H and O–H groups in total. The van der Waals surface area contributed by atoms with Crippen LogP contribution in [0.1, 0.15) is 25.7 Å². The number of hydrogen-bond donors (Lipinski definition) is 2. The first-order chi connectivity index (χ1) is 12.0. The Bertz CT molecular complexity index is 876. The molecule has 2 aromatic carbocycles. The van der Waals surface area contributed by atoms with E-state index >= 15 is 0 Å². The van der Waals surface area contributed by atoms with Crippen LogP contribution in [0.3, 0.4) is 0 Å². The molecule has 130 valence electrons. The van der Waals surface area contributed by atoms with Gasteiger partial charge in [0.1, 0.15) is 17.0 Å². The van der Waals surface area contributed by atoms with E-state index in [-0.39, 0.29) is 5.91 Å². The standard InChI is InChI=1S/C19H20N2O4/c1-19(2)18(22)20-16-11(21-19)9-8-10-14-12(23-3)6-5-7-13(14)25-17(24-4)15(10)16/h5-9,17,21H,1-4H3,(H,20,22). The molecule has 2 aliphatic heterocycles. The van der Waals surface area contributed by atoms with Gasteiger partial charge >= 0.3 is 0 Å². The monoisotopic (exact) mass is 340 g/mol. The van der Waals surface area contributed by atoms with Crippen molar-refractivity contribution < 1.29 is 19.0 Å². The summed E-state index contributed by atoms with van der Waals surface area (Å²) in [7, 11) is 3.21. The Balaban J connectivity index is 1.98. The molecule has 0 saturated heterocycles. The van der Waals surface area contributed by atoms with E-state index in [1.165, 1.54) is 0 Å². The molecule has 1 unspecified atom stereocenters. The van der Waals surface area contributed by atoms with Gasteiger partial charge in [0.15, 0.2) is 0 Å². The third-order valence-electron chi connectivity index (χ3n) is 4.66. The predicted molar refractivity (Wildman–Crippen MR) is 95.1 cm³/mol. The van der Waals surface area contributed by atoms with Crippen molar-refractivity contribution in [1.29, 1.82) is 0 Å². The topological polar surface area (TPSA) is 68.8 Å². The van der Waals surface area contributed by atoms with E-state index in [1.807, 2.05) is 44.2 Å². The maximum Gasteiger partial charge on any atom is 0.249 e. The minimum absolute atomic E-state index is 0.103. The molecule has 2 aliphatic rings. The van der Waals surface area contributed by atoms with Crippen LogP contribution in [0.15, 0.2) is 30.3 Å². The third-order valence-corrected chi connectivity index (χ3v) is 4.66. The fourth-order valence-corrected chi connectivity index (χ4v) is 3.37. The van der Waals surface area contributed by atoms with Crippen molar-refractivity contribution in [2.24, 2.45) is 0 Å². The molecule has 25 heavy (non-hydrogen) atoms. The number of amides is 1. The Morgan fingerprint density at radius 2 is 1.96 bits per heavy atom. The molecule has 2 aromatic rings. The fourth-order valence-electron chi connectivity index (χ4n) is 3.37. The second-order valence-electron chi connectivity index (χ2n) is 6.67. The quantitative estimate of drug-likeness (QED) is 0.875. The largest absolute Gasteiger partial charge is 0.496 e. The Kier molecular flexibility index (Phi) is 3.40. The van der Waals surface area contributed by atoms with E-state index < -0.39 is 11.8 Å². The average molecular weight is 340 g/mol. The van der Waals surface area contributed by atoms with Crippen LogP contribution in [-0.4, -0.2) is 25.7 Å². The molecule has 4 rings (SSSR count). The number of ether oxygens (including phenoxy) is 3. The van der Waals surface area contributed by atoms with E-state index in [0.717, 1.165) is 22.4 Å². The zero-order valence-corrected chi connectivity index (χ0v) is 14.6. The highest BCUT2D eigenvalue weighted by Crippen LogP contribution is 2.52. The minimum Gasteiger partial charge on any atom is -0.496 e. The maximum atomic E-state index is 12.4. The van der Waals surface area contributed by atoms with E-state index in [1.54, 1.807) is 14.2 Å². The van der Waals surface area contributed by atoms with Crippen LogP contribution in [0, 0.1) is 0 Å². The molecule has 6 heteroatoms. The summed E-state index contributed by atoms with van der Waals surface area (Å²) in [5, 5.41) is 6.29. The molecule has 0 spiro atoms. The number of anilines is 2. The lowest BCUT2D eigenvalue weighted by Gasteiger charge is -2.37. The molecule has 6 nitrogen and oxygen atoms in total. The molecule has 0 bridgehead atoms. The number of carbonyl (C=O) groups excluding carboxylic acids is 1. The number of methoxy groups -OCH3 is 2. The first kappa shape index (κ1) is 15.8. The van der Waals surface area contributed by atoms with Crippen LogP contribution >= 0.6 is 0 Å². The van der Waals surface area contributed by atoms with Gasteiger partial charge < -0.3 is 24.8 Å².